The average Bonchev–Trinajstić information content (AvgIpc) is 3.18. The van der Waals surface area contributed by atoms with Crippen molar-refractivity contribution in [2.75, 3.05) is 5.32 Å². The third-order valence-electron chi connectivity index (χ3n) is 4.50. The molecular formula is C23H20N4OS2. The number of thiazole rings is 1. The summed E-state index contributed by atoms with van der Waals surface area (Å²) in [6.45, 7) is 6.08. The fourth-order valence-electron chi connectivity index (χ4n) is 3.15. The van der Waals surface area contributed by atoms with Crippen LogP contribution in [0.15, 0.2) is 70.2 Å². The number of aryl methyl sites for hydroxylation is 3. The van der Waals surface area contributed by atoms with E-state index in [2.05, 4.69) is 46.2 Å². The Kier molecular flexibility index (Phi) is 5.92. The highest BCUT2D eigenvalue weighted by Gasteiger charge is 2.14. The minimum Gasteiger partial charge on any atom is -0.298 e. The van der Waals surface area contributed by atoms with Crippen molar-refractivity contribution in [3.05, 3.63) is 82.6 Å². The van der Waals surface area contributed by atoms with Gasteiger partial charge in [-0.1, -0.05) is 30.0 Å². The number of nitrogens with one attached hydrogen (secondary N) is 1. The van der Waals surface area contributed by atoms with Gasteiger partial charge in [-0.25, -0.2) is 9.97 Å². The van der Waals surface area contributed by atoms with Gasteiger partial charge in [-0.3, -0.25) is 15.1 Å². The standard InChI is InChI=1S/C23H20N4OS2/c1-14-9-18(30-20-12-24-16(3)11-25-20)10-15(2)21(14)19-13-29-23(26-19)27-22(28)17-7-5-4-6-8-17/h4-13H,1-3H3,(H,26,27,28). The van der Waals surface area contributed by atoms with Crippen molar-refractivity contribution in [2.24, 2.45) is 0 Å². The first-order valence-corrected chi connectivity index (χ1v) is 11.1. The lowest BCUT2D eigenvalue weighted by molar-refractivity contribution is 0.102. The van der Waals surface area contributed by atoms with Crippen LogP contribution in [-0.4, -0.2) is 20.9 Å². The van der Waals surface area contributed by atoms with E-state index in [0.717, 1.165) is 38.0 Å². The molecule has 7 heteroatoms. The van der Waals surface area contributed by atoms with E-state index < -0.39 is 0 Å². The highest BCUT2D eigenvalue weighted by Crippen LogP contribution is 2.35. The number of carbonyl (C=O) groups is 1. The molecule has 2 aromatic heterocycles. The van der Waals surface area contributed by atoms with Gasteiger partial charge in [0.1, 0.15) is 5.03 Å². The molecule has 30 heavy (non-hydrogen) atoms. The Hall–Kier alpha value is -3.03. The highest BCUT2D eigenvalue weighted by atomic mass is 32.2. The Labute approximate surface area is 183 Å². The topological polar surface area (TPSA) is 67.8 Å². The van der Waals surface area contributed by atoms with Crippen molar-refractivity contribution in [3.8, 4) is 11.3 Å². The number of nitrogens with zero attached hydrogens (tertiary/aromatic N) is 3. The Balaban J connectivity index is 1.54. The smallest absolute Gasteiger partial charge is 0.257 e. The predicted molar refractivity (Wildman–Crippen MR) is 122 cm³/mol. The van der Waals surface area contributed by atoms with E-state index in [1.165, 1.54) is 11.3 Å². The van der Waals surface area contributed by atoms with Crippen LogP contribution in [0.3, 0.4) is 0 Å². The summed E-state index contributed by atoms with van der Waals surface area (Å²) < 4.78 is 0. The molecule has 0 fully saturated rings. The third kappa shape index (κ3) is 4.58. The van der Waals surface area contributed by atoms with E-state index in [-0.39, 0.29) is 5.91 Å². The lowest BCUT2D eigenvalue weighted by Crippen LogP contribution is -2.11. The van der Waals surface area contributed by atoms with E-state index in [1.807, 2.05) is 30.5 Å². The lowest BCUT2D eigenvalue weighted by atomic mass is 10.0. The largest absolute Gasteiger partial charge is 0.298 e. The highest BCUT2D eigenvalue weighted by molar-refractivity contribution is 7.99. The zero-order chi connectivity index (χ0) is 21.1. The summed E-state index contributed by atoms with van der Waals surface area (Å²) in [6.07, 6.45) is 3.57. The third-order valence-corrected chi connectivity index (χ3v) is 6.15. The average molecular weight is 433 g/mol. The fraction of sp³-hybridized carbons (Fsp3) is 0.130. The van der Waals surface area contributed by atoms with E-state index >= 15 is 0 Å². The molecule has 0 saturated heterocycles. The van der Waals surface area contributed by atoms with Crippen molar-refractivity contribution in [1.29, 1.82) is 0 Å². The summed E-state index contributed by atoms with van der Waals surface area (Å²) in [7, 11) is 0. The van der Waals surface area contributed by atoms with Gasteiger partial charge in [0.15, 0.2) is 5.13 Å². The molecular weight excluding hydrogens is 412 g/mol. The molecule has 0 unspecified atom stereocenters. The molecule has 2 aromatic carbocycles. The van der Waals surface area contributed by atoms with Crippen LogP contribution in [-0.2, 0) is 0 Å². The number of rotatable bonds is 5. The molecule has 4 aromatic rings. The second-order valence-electron chi connectivity index (χ2n) is 6.89. The van der Waals surface area contributed by atoms with Gasteiger partial charge in [-0.15, -0.1) is 11.3 Å². The van der Waals surface area contributed by atoms with Gasteiger partial charge < -0.3 is 0 Å². The maximum absolute atomic E-state index is 12.4. The van der Waals surface area contributed by atoms with Gasteiger partial charge in [-0.05, 0) is 56.2 Å². The molecule has 0 aliphatic heterocycles. The van der Waals surface area contributed by atoms with Crippen LogP contribution in [0.25, 0.3) is 11.3 Å². The Bertz CT molecular complexity index is 1160. The van der Waals surface area contributed by atoms with Gasteiger partial charge in [0.2, 0.25) is 0 Å². The lowest BCUT2D eigenvalue weighted by Gasteiger charge is -2.10. The van der Waals surface area contributed by atoms with Gasteiger partial charge in [-0.2, -0.15) is 0 Å². The van der Waals surface area contributed by atoms with Gasteiger partial charge in [0.25, 0.3) is 5.91 Å². The molecule has 2 heterocycles. The summed E-state index contributed by atoms with van der Waals surface area (Å²) in [6, 6.07) is 13.4. The van der Waals surface area contributed by atoms with E-state index in [1.54, 1.807) is 36.3 Å². The summed E-state index contributed by atoms with van der Waals surface area (Å²) in [5.41, 5.74) is 5.73. The summed E-state index contributed by atoms with van der Waals surface area (Å²) in [5, 5.41) is 6.32. The number of amides is 1. The predicted octanol–water partition coefficient (Wildman–Crippen LogP) is 5.93. The zero-order valence-electron chi connectivity index (χ0n) is 16.8. The number of anilines is 1. The Morgan fingerprint density at radius 3 is 2.40 bits per heavy atom. The number of carbonyl (C=O) groups excluding carboxylic acids is 1. The molecule has 0 spiro atoms. The first-order chi connectivity index (χ1) is 14.5. The molecule has 1 N–H and O–H groups in total. The minimum absolute atomic E-state index is 0.157. The van der Waals surface area contributed by atoms with Gasteiger partial charge in [0.05, 0.1) is 17.6 Å². The van der Waals surface area contributed by atoms with Crippen LogP contribution < -0.4 is 5.32 Å². The second kappa shape index (κ2) is 8.77. The summed E-state index contributed by atoms with van der Waals surface area (Å²) >= 11 is 3.02. The SMILES string of the molecule is Cc1cnc(Sc2cc(C)c(-c3csc(NC(=O)c4ccccc4)n3)c(C)c2)cn1. The first-order valence-electron chi connectivity index (χ1n) is 9.39. The van der Waals surface area contributed by atoms with E-state index in [0.29, 0.717) is 10.7 Å². The van der Waals surface area contributed by atoms with Crippen LogP contribution in [0, 0.1) is 20.8 Å². The van der Waals surface area contributed by atoms with Crippen LogP contribution in [0.5, 0.6) is 0 Å². The van der Waals surface area contributed by atoms with Crippen molar-refractivity contribution in [3.63, 3.8) is 0 Å². The fourth-order valence-corrected chi connectivity index (χ4v) is 4.77. The number of benzene rings is 2. The normalized spacial score (nSPS) is 10.8. The summed E-state index contributed by atoms with van der Waals surface area (Å²) in [5.74, 6) is -0.157. The van der Waals surface area contributed by atoms with Crippen LogP contribution in [0.1, 0.15) is 27.2 Å². The first kappa shape index (κ1) is 20.3. The maximum Gasteiger partial charge on any atom is 0.257 e. The molecule has 150 valence electrons. The Morgan fingerprint density at radius 2 is 1.73 bits per heavy atom. The van der Waals surface area contributed by atoms with Crippen molar-refractivity contribution < 1.29 is 4.79 Å². The molecule has 4 rings (SSSR count). The molecule has 0 radical (unpaired) electrons. The van der Waals surface area contributed by atoms with Crippen LogP contribution in [0.4, 0.5) is 5.13 Å². The molecule has 0 aliphatic carbocycles. The van der Waals surface area contributed by atoms with E-state index in [4.69, 9.17) is 0 Å². The molecule has 5 nitrogen and oxygen atoms in total. The number of hydrogen-bond acceptors (Lipinski definition) is 6. The molecule has 1 amide bonds. The zero-order valence-corrected chi connectivity index (χ0v) is 18.5. The Morgan fingerprint density at radius 1 is 1.00 bits per heavy atom. The van der Waals surface area contributed by atoms with Crippen LogP contribution >= 0.6 is 23.1 Å². The van der Waals surface area contributed by atoms with Crippen LogP contribution in [0.2, 0.25) is 0 Å². The second-order valence-corrected chi connectivity index (χ2v) is 8.84. The minimum atomic E-state index is -0.157. The van der Waals surface area contributed by atoms with Crippen molar-refractivity contribution >= 4 is 34.1 Å². The summed E-state index contributed by atoms with van der Waals surface area (Å²) in [4.78, 5) is 26.9. The van der Waals surface area contributed by atoms with Gasteiger partial charge in [0, 0.05) is 27.6 Å². The quantitative estimate of drug-likeness (QED) is 0.423. The van der Waals surface area contributed by atoms with Crippen molar-refractivity contribution in [1.82, 2.24) is 15.0 Å². The number of hydrogen-bond donors (Lipinski definition) is 1. The molecule has 0 atom stereocenters. The monoisotopic (exact) mass is 432 g/mol. The molecule has 0 bridgehead atoms. The molecule has 0 aliphatic rings. The van der Waals surface area contributed by atoms with Crippen molar-refractivity contribution in [2.45, 2.75) is 30.7 Å². The van der Waals surface area contributed by atoms with E-state index in [9.17, 15) is 4.79 Å². The maximum atomic E-state index is 12.4. The van der Waals surface area contributed by atoms with Gasteiger partial charge >= 0.3 is 0 Å². The number of aromatic nitrogens is 3. The molecule has 0 saturated carbocycles.